The van der Waals surface area contributed by atoms with Crippen LogP contribution in [0.3, 0.4) is 0 Å². The highest BCUT2D eigenvalue weighted by Crippen LogP contribution is 2.38. The number of nitrogens with two attached hydrogens (primary N) is 1. The Balaban J connectivity index is 1.84. The van der Waals surface area contributed by atoms with Crippen LogP contribution in [-0.4, -0.2) is 28.7 Å². The molecular formula is C21H20N4O4S. The molecule has 1 aliphatic carbocycles. The van der Waals surface area contributed by atoms with Crippen LogP contribution in [0.25, 0.3) is 16.9 Å². The number of aromatic nitrogens is 2. The van der Waals surface area contributed by atoms with Crippen LogP contribution in [-0.2, 0) is 26.9 Å². The zero-order chi connectivity index (χ0) is 21.3. The summed E-state index contributed by atoms with van der Waals surface area (Å²) in [6.07, 6.45) is 1.42. The molecule has 4 rings (SSSR count). The molecular weight excluding hydrogens is 404 g/mol. The number of carbonyl (C=O) groups is 2. The van der Waals surface area contributed by atoms with E-state index in [9.17, 15) is 9.59 Å². The summed E-state index contributed by atoms with van der Waals surface area (Å²) < 4.78 is 6.61. The number of rotatable bonds is 6. The molecule has 0 unspecified atom stereocenters. The van der Waals surface area contributed by atoms with Gasteiger partial charge in [0.1, 0.15) is 0 Å². The monoisotopic (exact) mass is 424 g/mol. The van der Waals surface area contributed by atoms with Crippen LogP contribution in [0.4, 0.5) is 5.69 Å². The summed E-state index contributed by atoms with van der Waals surface area (Å²) in [5.74, 6) is -0.712. The van der Waals surface area contributed by atoms with E-state index in [0.717, 1.165) is 51.4 Å². The van der Waals surface area contributed by atoms with Gasteiger partial charge < -0.3 is 11.1 Å². The second-order valence-corrected chi connectivity index (χ2v) is 7.59. The van der Waals surface area contributed by atoms with Crippen molar-refractivity contribution in [3.8, 4) is 16.9 Å². The molecule has 2 amide bonds. The van der Waals surface area contributed by atoms with Gasteiger partial charge in [0.05, 0.1) is 30.5 Å². The van der Waals surface area contributed by atoms with Gasteiger partial charge in [0, 0.05) is 28.6 Å². The Morgan fingerprint density at radius 1 is 1.17 bits per heavy atom. The van der Waals surface area contributed by atoms with Gasteiger partial charge in [0.15, 0.2) is 5.69 Å². The standard InChI is InChI=1S/C21H20N4O4S/c1-12(26)23-14-5-3-13-4-10-17-19(21(22)27)24-25(20(17)18(13)11-14)15-6-8-16(9-7-15)30-29-28-2/h3,5-9,11H,4,10H2,1-2H3,(H2,22,27)(H,23,26). The van der Waals surface area contributed by atoms with Gasteiger partial charge in [-0.3, -0.25) is 9.59 Å². The number of nitrogens with zero attached hydrogens (tertiary/aromatic N) is 2. The number of hydrogen-bond donors (Lipinski definition) is 2. The minimum Gasteiger partial charge on any atom is -0.364 e. The molecule has 0 atom stereocenters. The molecule has 1 aliphatic rings. The van der Waals surface area contributed by atoms with Crippen LogP contribution in [0.5, 0.6) is 0 Å². The highest BCUT2D eigenvalue weighted by molar-refractivity contribution is 7.94. The molecule has 0 fully saturated rings. The van der Waals surface area contributed by atoms with Gasteiger partial charge in [0.25, 0.3) is 5.91 Å². The Kier molecular flexibility index (Phi) is 5.58. The second kappa shape index (κ2) is 8.31. The van der Waals surface area contributed by atoms with Gasteiger partial charge in [-0.1, -0.05) is 6.07 Å². The molecule has 3 N–H and O–H groups in total. The summed E-state index contributed by atoms with van der Waals surface area (Å²) in [5, 5.41) is 7.35. The first kappa shape index (κ1) is 20.1. The molecule has 154 valence electrons. The maximum Gasteiger partial charge on any atom is 0.269 e. The molecule has 0 bridgehead atoms. The third kappa shape index (κ3) is 3.82. The van der Waals surface area contributed by atoms with E-state index in [1.807, 2.05) is 42.5 Å². The van der Waals surface area contributed by atoms with Crippen LogP contribution in [0, 0.1) is 0 Å². The summed E-state index contributed by atoms with van der Waals surface area (Å²) in [5.41, 5.74) is 11.0. The maximum atomic E-state index is 12.1. The van der Waals surface area contributed by atoms with Gasteiger partial charge in [-0.05, 0) is 54.8 Å². The van der Waals surface area contributed by atoms with Crippen molar-refractivity contribution in [2.24, 2.45) is 5.73 Å². The number of aryl methyl sites for hydroxylation is 1. The molecule has 0 radical (unpaired) electrons. The van der Waals surface area contributed by atoms with E-state index in [-0.39, 0.29) is 11.6 Å². The number of nitrogens with one attached hydrogen (secondary N) is 1. The van der Waals surface area contributed by atoms with Gasteiger partial charge in [-0.25, -0.2) is 9.57 Å². The van der Waals surface area contributed by atoms with Crippen molar-refractivity contribution in [2.75, 3.05) is 12.4 Å². The van der Waals surface area contributed by atoms with E-state index in [1.54, 1.807) is 4.68 Å². The minimum absolute atomic E-state index is 0.149. The normalized spacial score (nSPS) is 12.2. The van der Waals surface area contributed by atoms with Crippen molar-refractivity contribution in [3.05, 3.63) is 59.3 Å². The van der Waals surface area contributed by atoms with Crippen LogP contribution in [0.1, 0.15) is 28.5 Å². The van der Waals surface area contributed by atoms with Gasteiger partial charge in [-0.2, -0.15) is 9.43 Å². The fourth-order valence-electron chi connectivity index (χ4n) is 3.62. The van der Waals surface area contributed by atoms with E-state index < -0.39 is 5.91 Å². The fourth-order valence-corrected chi connectivity index (χ4v) is 4.01. The molecule has 8 nitrogen and oxygen atoms in total. The first-order chi connectivity index (χ1) is 14.5. The number of primary amides is 1. The fraction of sp³-hybridized carbons (Fsp3) is 0.190. The molecule has 1 aromatic heterocycles. The molecule has 3 aromatic rings. The molecule has 0 saturated heterocycles. The van der Waals surface area contributed by atoms with Crippen molar-refractivity contribution < 1.29 is 18.8 Å². The third-order valence-corrected chi connectivity index (χ3v) is 5.49. The molecule has 0 saturated carbocycles. The average Bonchev–Trinajstić information content (AvgIpc) is 3.12. The Labute approximate surface area is 177 Å². The summed E-state index contributed by atoms with van der Waals surface area (Å²) in [6, 6.07) is 13.3. The first-order valence-electron chi connectivity index (χ1n) is 9.28. The highest BCUT2D eigenvalue weighted by Gasteiger charge is 2.28. The number of fused-ring (bicyclic) bond motifs is 3. The molecule has 9 heteroatoms. The summed E-state index contributed by atoms with van der Waals surface area (Å²) in [6.45, 7) is 1.47. The van der Waals surface area contributed by atoms with Gasteiger partial charge in [0.2, 0.25) is 5.91 Å². The number of hydrogen-bond acceptors (Lipinski definition) is 6. The van der Waals surface area contributed by atoms with Crippen molar-refractivity contribution in [2.45, 2.75) is 24.7 Å². The number of benzene rings is 2. The quantitative estimate of drug-likeness (QED) is 0.357. The molecule has 1 heterocycles. The molecule has 30 heavy (non-hydrogen) atoms. The van der Waals surface area contributed by atoms with Crippen LogP contribution < -0.4 is 11.1 Å². The second-order valence-electron chi connectivity index (χ2n) is 6.82. The topological polar surface area (TPSA) is 108 Å². The summed E-state index contributed by atoms with van der Waals surface area (Å²) in [7, 11) is 1.44. The number of anilines is 1. The van der Waals surface area contributed by atoms with E-state index >= 15 is 0 Å². The largest absolute Gasteiger partial charge is 0.364 e. The van der Waals surface area contributed by atoms with E-state index in [1.165, 1.54) is 14.0 Å². The molecule has 0 aliphatic heterocycles. The maximum absolute atomic E-state index is 12.1. The first-order valence-corrected chi connectivity index (χ1v) is 10.0. The predicted octanol–water partition coefficient (Wildman–Crippen LogP) is 3.28. The lowest BCUT2D eigenvalue weighted by atomic mass is 9.88. The highest BCUT2D eigenvalue weighted by atomic mass is 32.2. The SMILES string of the molecule is COOSc1ccc(-n2nc(C(N)=O)c3c2-c2cc(NC(C)=O)ccc2CC3)cc1. The van der Waals surface area contributed by atoms with Crippen molar-refractivity contribution >= 4 is 29.5 Å². The Bertz CT molecular complexity index is 1120. The number of carbonyl (C=O) groups excluding carboxylic acids is 2. The summed E-state index contributed by atoms with van der Waals surface area (Å²) in [4.78, 5) is 29.0. The molecule has 0 spiro atoms. The zero-order valence-corrected chi connectivity index (χ0v) is 17.3. The minimum atomic E-state index is -0.563. The van der Waals surface area contributed by atoms with Crippen LogP contribution >= 0.6 is 12.0 Å². The third-order valence-electron chi connectivity index (χ3n) is 4.83. The van der Waals surface area contributed by atoms with E-state index in [4.69, 9.17) is 10.1 Å². The van der Waals surface area contributed by atoms with Crippen molar-refractivity contribution in [1.29, 1.82) is 0 Å². The zero-order valence-electron chi connectivity index (χ0n) is 16.5. The van der Waals surface area contributed by atoms with E-state index in [0.29, 0.717) is 12.1 Å². The smallest absolute Gasteiger partial charge is 0.269 e. The van der Waals surface area contributed by atoms with Gasteiger partial charge >= 0.3 is 0 Å². The Hall–Kier alpha value is -3.14. The lowest BCUT2D eigenvalue weighted by Crippen LogP contribution is -2.15. The average molecular weight is 424 g/mol. The Morgan fingerprint density at radius 2 is 1.93 bits per heavy atom. The summed E-state index contributed by atoms with van der Waals surface area (Å²) >= 11 is 1.09. The van der Waals surface area contributed by atoms with E-state index in [2.05, 4.69) is 15.3 Å². The lowest BCUT2D eigenvalue weighted by Gasteiger charge is -2.20. The van der Waals surface area contributed by atoms with Crippen LogP contribution in [0.2, 0.25) is 0 Å². The van der Waals surface area contributed by atoms with Crippen molar-refractivity contribution in [1.82, 2.24) is 9.78 Å². The number of amides is 2. The Morgan fingerprint density at radius 3 is 2.60 bits per heavy atom. The van der Waals surface area contributed by atoms with Gasteiger partial charge in [-0.15, -0.1) is 0 Å². The predicted molar refractivity (Wildman–Crippen MR) is 113 cm³/mol. The van der Waals surface area contributed by atoms with Crippen molar-refractivity contribution in [3.63, 3.8) is 0 Å². The van der Waals surface area contributed by atoms with Crippen LogP contribution in [0.15, 0.2) is 47.4 Å². The molecule has 2 aromatic carbocycles. The lowest BCUT2D eigenvalue weighted by molar-refractivity contribution is -0.160.